The molecular weight excluding hydrogens is 376 g/mol. The average Bonchev–Trinajstić information content (AvgIpc) is 2.63. The van der Waals surface area contributed by atoms with Gasteiger partial charge in [-0.1, -0.05) is 17.7 Å². The Bertz CT molecular complexity index is 1110. The number of carbonyl (C=O) groups excluding carboxylic acids is 1. The van der Waals surface area contributed by atoms with E-state index in [1.165, 1.54) is 11.6 Å². The zero-order chi connectivity index (χ0) is 20.4. The lowest BCUT2D eigenvalue weighted by Gasteiger charge is -2.21. The molecule has 1 aliphatic carbocycles. The summed E-state index contributed by atoms with van der Waals surface area (Å²) in [5.41, 5.74) is 4.12. The van der Waals surface area contributed by atoms with E-state index in [1.54, 1.807) is 29.7 Å². The van der Waals surface area contributed by atoms with E-state index in [1.807, 2.05) is 13.8 Å². The van der Waals surface area contributed by atoms with Crippen molar-refractivity contribution in [2.24, 2.45) is 0 Å². The quantitative estimate of drug-likeness (QED) is 0.542. The van der Waals surface area contributed by atoms with Gasteiger partial charge in [-0.15, -0.1) is 0 Å². The second-order valence-corrected chi connectivity index (χ2v) is 7.24. The second-order valence-electron chi connectivity index (χ2n) is 6.83. The van der Waals surface area contributed by atoms with Gasteiger partial charge in [-0.3, -0.25) is 9.36 Å². The summed E-state index contributed by atoms with van der Waals surface area (Å²) in [7, 11) is 0. The molecule has 1 aromatic heterocycles. The highest BCUT2D eigenvalue weighted by atomic mass is 35.5. The first-order chi connectivity index (χ1) is 13.3. The third kappa shape index (κ3) is 3.80. The normalized spacial score (nSPS) is 14.7. The molecule has 0 radical (unpaired) electrons. The van der Waals surface area contributed by atoms with Crippen LogP contribution in [0.5, 0.6) is 0 Å². The maximum absolute atomic E-state index is 13.3. The molecule has 0 atom stereocenters. The van der Waals surface area contributed by atoms with Gasteiger partial charge in [0, 0.05) is 11.1 Å². The number of hydrogen-bond donors (Lipinski definition) is 0. The maximum atomic E-state index is 13.3. The number of aryl methyl sites for hydroxylation is 1. The summed E-state index contributed by atoms with van der Waals surface area (Å²) in [5, 5.41) is 0.874. The summed E-state index contributed by atoms with van der Waals surface area (Å²) < 4.78 is 6.57. The zero-order valence-electron chi connectivity index (χ0n) is 16.5. The molecule has 0 amide bonds. The van der Waals surface area contributed by atoms with Gasteiger partial charge in [0.15, 0.2) is 0 Å². The first kappa shape index (κ1) is 20.1. The molecule has 5 nitrogen and oxygen atoms in total. The molecule has 3 rings (SSSR count). The number of aromatic nitrogens is 2. The van der Waals surface area contributed by atoms with Crippen LogP contribution in [0.25, 0.3) is 22.7 Å². The number of allylic oxidation sites excluding steroid dienone is 4. The standard InChI is InChI=1S/C22H23ClN2O3/c1-5-28-20(26)10-9-16-11-17-19(12-18(16)23)24-15(4)25(22(17)27)21-13(2)7-6-8-14(21)3/h7,9-12H,5-6,8H2,1-4H3/b10-9+. The molecule has 6 heteroatoms. The fraction of sp³-hybridized carbons (Fsp3) is 0.318. The van der Waals surface area contributed by atoms with Gasteiger partial charge >= 0.3 is 5.97 Å². The zero-order valence-corrected chi connectivity index (χ0v) is 17.3. The topological polar surface area (TPSA) is 61.2 Å². The third-order valence-electron chi connectivity index (χ3n) is 4.81. The Morgan fingerprint density at radius 1 is 1.32 bits per heavy atom. The van der Waals surface area contributed by atoms with Gasteiger partial charge in [0.25, 0.3) is 5.56 Å². The van der Waals surface area contributed by atoms with Crippen molar-refractivity contribution in [2.45, 2.75) is 40.5 Å². The molecule has 1 heterocycles. The van der Waals surface area contributed by atoms with Crippen LogP contribution in [-0.2, 0) is 9.53 Å². The highest BCUT2D eigenvalue weighted by Gasteiger charge is 2.18. The summed E-state index contributed by atoms with van der Waals surface area (Å²) in [4.78, 5) is 29.5. The fourth-order valence-electron chi connectivity index (χ4n) is 3.50. The van der Waals surface area contributed by atoms with Crippen LogP contribution in [0.1, 0.15) is 45.0 Å². The predicted octanol–water partition coefficient (Wildman–Crippen LogP) is 4.91. The molecule has 0 spiro atoms. The molecule has 2 aromatic rings. The van der Waals surface area contributed by atoms with Crippen molar-refractivity contribution in [3.63, 3.8) is 0 Å². The van der Waals surface area contributed by atoms with Crippen LogP contribution in [0.4, 0.5) is 0 Å². The van der Waals surface area contributed by atoms with Crippen LogP contribution in [0, 0.1) is 6.92 Å². The summed E-state index contributed by atoms with van der Waals surface area (Å²) in [6.45, 7) is 7.93. The van der Waals surface area contributed by atoms with Gasteiger partial charge in [0.1, 0.15) is 5.82 Å². The number of halogens is 1. The number of carbonyl (C=O) groups is 1. The third-order valence-corrected chi connectivity index (χ3v) is 5.14. The highest BCUT2D eigenvalue weighted by molar-refractivity contribution is 6.32. The maximum Gasteiger partial charge on any atom is 0.330 e. The Morgan fingerprint density at radius 3 is 2.75 bits per heavy atom. The summed E-state index contributed by atoms with van der Waals surface area (Å²) in [6.07, 6.45) is 6.91. The Balaban J connectivity index is 2.19. The predicted molar refractivity (Wildman–Crippen MR) is 113 cm³/mol. The highest BCUT2D eigenvalue weighted by Crippen LogP contribution is 2.29. The lowest BCUT2D eigenvalue weighted by molar-refractivity contribution is -0.137. The van der Waals surface area contributed by atoms with Crippen LogP contribution in [0.3, 0.4) is 0 Å². The molecule has 0 fully saturated rings. The molecule has 0 bridgehead atoms. The number of benzene rings is 1. The minimum absolute atomic E-state index is 0.144. The van der Waals surface area contributed by atoms with E-state index in [9.17, 15) is 9.59 Å². The average molecular weight is 399 g/mol. The van der Waals surface area contributed by atoms with Crippen molar-refractivity contribution < 1.29 is 9.53 Å². The van der Waals surface area contributed by atoms with Gasteiger partial charge in [0.2, 0.25) is 0 Å². The Kier molecular flexibility index (Phi) is 5.84. The van der Waals surface area contributed by atoms with Crippen molar-refractivity contribution in [1.29, 1.82) is 0 Å². The molecule has 1 aliphatic rings. The van der Waals surface area contributed by atoms with Crippen molar-refractivity contribution >= 4 is 40.2 Å². The van der Waals surface area contributed by atoms with E-state index in [2.05, 4.69) is 18.0 Å². The van der Waals surface area contributed by atoms with Crippen LogP contribution >= 0.6 is 11.6 Å². The molecule has 0 saturated carbocycles. The van der Waals surface area contributed by atoms with E-state index in [0.29, 0.717) is 33.9 Å². The summed E-state index contributed by atoms with van der Waals surface area (Å²) in [6, 6.07) is 3.34. The van der Waals surface area contributed by atoms with Gasteiger partial charge in [-0.05, 0) is 75.5 Å². The Hall–Kier alpha value is -2.66. The van der Waals surface area contributed by atoms with Crippen LogP contribution < -0.4 is 5.56 Å². The van der Waals surface area contributed by atoms with Gasteiger partial charge in [0.05, 0.1) is 23.2 Å². The summed E-state index contributed by atoms with van der Waals surface area (Å²) in [5.74, 6) is 0.161. The van der Waals surface area contributed by atoms with Crippen LogP contribution in [0.15, 0.2) is 40.2 Å². The lowest BCUT2D eigenvalue weighted by Crippen LogP contribution is -2.25. The van der Waals surface area contributed by atoms with Gasteiger partial charge in [-0.2, -0.15) is 0 Å². The smallest absolute Gasteiger partial charge is 0.330 e. The molecule has 28 heavy (non-hydrogen) atoms. The number of rotatable bonds is 4. The van der Waals surface area contributed by atoms with Gasteiger partial charge < -0.3 is 4.74 Å². The van der Waals surface area contributed by atoms with Crippen molar-refractivity contribution in [3.05, 3.63) is 62.2 Å². The van der Waals surface area contributed by atoms with Crippen molar-refractivity contribution in [1.82, 2.24) is 9.55 Å². The number of ether oxygens (including phenoxy) is 1. The monoisotopic (exact) mass is 398 g/mol. The molecular formula is C22H23ClN2O3. The lowest BCUT2D eigenvalue weighted by atomic mass is 9.97. The van der Waals surface area contributed by atoms with E-state index in [-0.39, 0.29) is 5.56 Å². The SMILES string of the molecule is CCOC(=O)/C=C/c1cc2c(=O)n(C3=C(C)CCC=C3C)c(C)nc2cc1Cl. The van der Waals surface area contributed by atoms with E-state index >= 15 is 0 Å². The van der Waals surface area contributed by atoms with E-state index in [4.69, 9.17) is 16.3 Å². The number of esters is 1. The minimum atomic E-state index is -0.457. The number of nitrogens with zero attached hydrogens (tertiary/aromatic N) is 2. The molecule has 1 aromatic carbocycles. The van der Waals surface area contributed by atoms with Crippen LogP contribution in [0.2, 0.25) is 5.02 Å². The molecule has 0 unspecified atom stereocenters. The number of hydrogen-bond acceptors (Lipinski definition) is 4. The molecule has 0 N–H and O–H groups in total. The van der Waals surface area contributed by atoms with Gasteiger partial charge in [-0.25, -0.2) is 9.78 Å². The first-order valence-electron chi connectivity index (χ1n) is 9.28. The molecule has 0 aliphatic heterocycles. The number of fused-ring (bicyclic) bond motifs is 1. The first-order valence-corrected chi connectivity index (χ1v) is 9.66. The molecule has 0 saturated heterocycles. The fourth-order valence-corrected chi connectivity index (χ4v) is 3.72. The largest absolute Gasteiger partial charge is 0.463 e. The second kappa shape index (κ2) is 8.15. The van der Waals surface area contributed by atoms with E-state index < -0.39 is 5.97 Å². The van der Waals surface area contributed by atoms with E-state index in [0.717, 1.165) is 24.1 Å². The van der Waals surface area contributed by atoms with Crippen LogP contribution in [-0.4, -0.2) is 22.1 Å². The minimum Gasteiger partial charge on any atom is -0.463 e. The van der Waals surface area contributed by atoms with Crippen molar-refractivity contribution in [3.8, 4) is 0 Å². The molecule has 146 valence electrons. The summed E-state index contributed by atoms with van der Waals surface area (Å²) >= 11 is 6.33. The van der Waals surface area contributed by atoms with Crippen molar-refractivity contribution in [2.75, 3.05) is 6.61 Å². The Labute approximate surface area is 169 Å². The Morgan fingerprint density at radius 2 is 2.07 bits per heavy atom.